The smallest absolute Gasteiger partial charge is 0.229 e. The molecule has 3 heterocycles. The van der Waals surface area contributed by atoms with Crippen LogP contribution in [0, 0.1) is 17.1 Å². The molecule has 0 unspecified atom stereocenters. The van der Waals surface area contributed by atoms with E-state index in [0.29, 0.717) is 12.2 Å². The van der Waals surface area contributed by atoms with E-state index < -0.39 is 0 Å². The van der Waals surface area contributed by atoms with Crippen molar-refractivity contribution >= 4 is 17.7 Å². The lowest BCUT2D eigenvalue weighted by atomic mass is 9.86. The van der Waals surface area contributed by atoms with Crippen LogP contribution in [0.2, 0.25) is 0 Å². The zero-order chi connectivity index (χ0) is 19.5. The topological polar surface area (TPSA) is 59.8 Å². The molecule has 0 radical (unpaired) electrons. The second-order valence-electron chi connectivity index (χ2n) is 7.22. The number of carbonyl (C=O) groups is 1. The van der Waals surface area contributed by atoms with Crippen LogP contribution in [0.15, 0.2) is 34.9 Å². The number of amides is 1. The maximum Gasteiger partial charge on any atom is 0.229 e. The highest BCUT2D eigenvalue weighted by Crippen LogP contribution is 2.42. The van der Waals surface area contributed by atoms with Crippen molar-refractivity contribution in [1.82, 2.24) is 14.7 Å². The number of fused-ring (bicyclic) bond motifs is 1. The molecule has 3 aliphatic heterocycles. The van der Waals surface area contributed by atoms with E-state index >= 15 is 0 Å². The van der Waals surface area contributed by atoms with Crippen LogP contribution in [-0.4, -0.2) is 72.5 Å². The van der Waals surface area contributed by atoms with E-state index in [0.717, 1.165) is 55.9 Å². The molecule has 0 aromatic heterocycles. The maximum atomic E-state index is 13.3. The fourth-order valence-corrected chi connectivity index (χ4v) is 5.01. The van der Waals surface area contributed by atoms with E-state index in [1.165, 1.54) is 12.1 Å². The first-order valence-electron chi connectivity index (χ1n) is 9.51. The molecule has 0 bridgehead atoms. The summed E-state index contributed by atoms with van der Waals surface area (Å²) in [6.45, 7) is 5.82. The summed E-state index contributed by atoms with van der Waals surface area (Å²) in [5.41, 5.74) is 1.43. The van der Waals surface area contributed by atoms with E-state index in [2.05, 4.69) is 15.9 Å². The molecule has 1 aromatic carbocycles. The molecule has 0 N–H and O–H groups in total. The quantitative estimate of drug-likeness (QED) is 0.769. The summed E-state index contributed by atoms with van der Waals surface area (Å²) in [6, 6.07) is 8.42. The molecule has 2 fully saturated rings. The fourth-order valence-electron chi connectivity index (χ4n) is 3.83. The largest absolute Gasteiger partial charge is 0.379 e. The molecule has 0 saturated carbocycles. The van der Waals surface area contributed by atoms with Crippen molar-refractivity contribution in [1.29, 1.82) is 5.26 Å². The molecule has 4 rings (SSSR count). The Morgan fingerprint density at radius 2 is 1.89 bits per heavy atom. The monoisotopic (exact) mass is 402 g/mol. The molecule has 2 saturated heterocycles. The predicted octanol–water partition coefficient (Wildman–Crippen LogP) is 2.17. The van der Waals surface area contributed by atoms with Crippen LogP contribution in [0.1, 0.15) is 17.9 Å². The van der Waals surface area contributed by atoms with Gasteiger partial charge < -0.3 is 4.74 Å². The molecule has 148 valence electrons. The average Bonchev–Trinajstić information content (AvgIpc) is 2.73. The zero-order valence-electron chi connectivity index (χ0n) is 15.6. The van der Waals surface area contributed by atoms with E-state index in [9.17, 15) is 14.4 Å². The molecule has 3 aliphatic rings. The first-order valence-corrected chi connectivity index (χ1v) is 10.5. The van der Waals surface area contributed by atoms with Crippen molar-refractivity contribution in [3.8, 4) is 6.07 Å². The third-order valence-electron chi connectivity index (χ3n) is 5.46. The maximum absolute atomic E-state index is 13.3. The van der Waals surface area contributed by atoms with Gasteiger partial charge in [0.2, 0.25) is 5.91 Å². The number of morpholine rings is 1. The summed E-state index contributed by atoms with van der Waals surface area (Å²) in [6.07, 6.45) is 0.246. The van der Waals surface area contributed by atoms with Gasteiger partial charge in [0, 0.05) is 38.5 Å². The number of halogens is 1. The van der Waals surface area contributed by atoms with Gasteiger partial charge in [0.1, 0.15) is 5.82 Å². The molecule has 0 aliphatic carbocycles. The highest BCUT2D eigenvalue weighted by molar-refractivity contribution is 8.03. The summed E-state index contributed by atoms with van der Waals surface area (Å²) in [7, 11) is 0. The first kappa shape index (κ1) is 19.4. The Morgan fingerprint density at radius 1 is 1.18 bits per heavy atom. The van der Waals surface area contributed by atoms with Crippen LogP contribution in [0.5, 0.6) is 0 Å². The van der Waals surface area contributed by atoms with Crippen molar-refractivity contribution in [3.05, 3.63) is 46.2 Å². The minimum atomic E-state index is -0.318. The molecule has 1 atom stereocenters. The minimum Gasteiger partial charge on any atom is -0.379 e. The standard InChI is InChI=1S/C20H23FN4O2S/c21-16-3-1-15(2-4-16)17-11-19(26)25-13-24(14-28-20(25)18(17)12-22)6-5-23-7-9-27-10-8-23/h1-4,17H,5-11,13-14H2/t17-/m0/s1. The van der Waals surface area contributed by atoms with Gasteiger partial charge in [-0.05, 0) is 17.7 Å². The summed E-state index contributed by atoms with van der Waals surface area (Å²) >= 11 is 1.55. The summed E-state index contributed by atoms with van der Waals surface area (Å²) in [5, 5.41) is 10.5. The minimum absolute atomic E-state index is 0.0203. The number of nitrogens with zero attached hydrogens (tertiary/aromatic N) is 4. The van der Waals surface area contributed by atoms with E-state index in [4.69, 9.17) is 4.74 Å². The molecular formula is C20H23FN4O2S. The Bertz CT molecular complexity index is 801. The third-order valence-corrected chi connectivity index (χ3v) is 6.67. The molecule has 6 nitrogen and oxygen atoms in total. The number of carbonyl (C=O) groups excluding carboxylic acids is 1. The van der Waals surface area contributed by atoms with Gasteiger partial charge in [-0.15, -0.1) is 0 Å². The number of allylic oxidation sites excluding steroid dienone is 1. The number of rotatable bonds is 4. The van der Waals surface area contributed by atoms with Crippen molar-refractivity contribution in [3.63, 3.8) is 0 Å². The average molecular weight is 402 g/mol. The summed E-state index contributed by atoms with van der Waals surface area (Å²) in [4.78, 5) is 19.2. The SMILES string of the molecule is N#CC1=C2SCN(CCN3CCOCC3)CN2C(=O)C[C@H]1c1ccc(F)cc1. The Labute approximate surface area is 168 Å². The fraction of sp³-hybridized carbons (Fsp3) is 0.500. The third kappa shape index (κ3) is 4.08. The van der Waals surface area contributed by atoms with Crippen LogP contribution < -0.4 is 0 Å². The van der Waals surface area contributed by atoms with Gasteiger partial charge in [-0.3, -0.25) is 19.5 Å². The second kappa shape index (κ2) is 8.62. The van der Waals surface area contributed by atoms with Crippen LogP contribution in [0.25, 0.3) is 0 Å². The molecule has 28 heavy (non-hydrogen) atoms. The van der Waals surface area contributed by atoms with Crippen molar-refractivity contribution in [2.45, 2.75) is 12.3 Å². The normalized spacial score (nSPS) is 24.2. The Balaban J connectivity index is 1.47. The molecule has 0 spiro atoms. The molecule has 8 heteroatoms. The number of hydrogen-bond acceptors (Lipinski definition) is 6. The summed E-state index contributed by atoms with van der Waals surface area (Å²) in [5.74, 6) is 0.162. The van der Waals surface area contributed by atoms with Gasteiger partial charge in [0.25, 0.3) is 0 Å². The lowest BCUT2D eigenvalue weighted by molar-refractivity contribution is -0.131. The molecule has 1 amide bonds. The van der Waals surface area contributed by atoms with Gasteiger partial charge in [-0.2, -0.15) is 5.26 Å². The number of nitriles is 1. The van der Waals surface area contributed by atoms with Crippen molar-refractivity contribution in [2.24, 2.45) is 0 Å². The second-order valence-corrected chi connectivity index (χ2v) is 8.16. The Hall–Kier alpha value is -1.92. The number of hydrogen-bond donors (Lipinski definition) is 0. The van der Waals surface area contributed by atoms with Crippen LogP contribution in [0.4, 0.5) is 4.39 Å². The number of benzene rings is 1. The van der Waals surface area contributed by atoms with Gasteiger partial charge in [0.15, 0.2) is 0 Å². The number of thioether (sulfide) groups is 1. The Morgan fingerprint density at radius 3 is 2.61 bits per heavy atom. The Kier molecular flexibility index (Phi) is 5.97. The van der Waals surface area contributed by atoms with E-state index in [1.54, 1.807) is 28.8 Å². The van der Waals surface area contributed by atoms with Gasteiger partial charge in [0.05, 0.1) is 42.4 Å². The lowest BCUT2D eigenvalue weighted by Gasteiger charge is -2.41. The molecular weight excluding hydrogens is 379 g/mol. The van der Waals surface area contributed by atoms with Crippen LogP contribution >= 0.6 is 11.8 Å². The predicted molar refractivity (Wildman–Crippen MR) is 105 cm³/mol. The van der Waals surface area contributed by atoms with Gasteiger partial charge in [-0.1, -0.05) is 23.9 Å². The number of ether oxygens (including phenoxy) is 1. The lowest BCUT2D eigenvalue weighted by Crippen LogP contribution is -2.49. The van der Waals surface area contributed by atoms with Gasteiger partial charge >= 0.3 is 0 Å². The summed E-state index contributed by atoms with van der Waals surface area (Å²) < 4.78 is 18.6. The zero-order valence-corrected chi connectivity index (χ0v) is 16.5. The highest BCUT2D eigenvalue weighted by Gasteiger charge is 2.38. The highest BCUT2D eigenvalue weighted by atomic mass is 32.2. The van der Waals surface area contributed by atoms with Gasteiger partial charge in [-0.25, -0.2) is 4.39 Å². The molecule has 1 aromatic rings. The van der Waals surface area contributed by atoms with Crippen molar-refractivity contribution < 1.29 is 13.9 Å². The van der Waals surface area contributed by atoms with E-state index in [1.807, 2.05) is 0 Å². The van der Waals surface area contributed by atoms with Crippen LogP contribution in [0.3, 0.4) is 0 Å². The van der Waals surface area contributed by atoms with E-state index in [-0.39, 0.29) is 24.1 Å². The van der Waals surface area contributed by atoms with Crippen LogP contribution in [-0.2, 0) is 9.53 Å². The van der Waals surface area contributed by atoms with Crippen molar-refractivity contribution in [2.75, 3.05) is 51.9 Å². The first-order chi connectivity index (χ1) is 13.7.